The number of benzene rings is 1. The summed E-state index contributed by atoms with van der Waals surface area (Å²) in [5, 5.41) is 5.76. The number of rotatable bonds is 5. The van der Waals surface area contributed by atoms with Crippen LogP contribution in [0.25, 0.3) is 0 Å². The highest BCUT2D eigenvalue weighted by molar-refractivity contribution is 8.01. The quantitative estimate of drug-likeness (QED) is 0.779. The third-order valence-electron chi connectivity index (χ3n) is 2.46. The number of ether oxygens (including phenoxy) is 1. The standard InChI is InChI=1S/C12H11F3N2OS2/c1-18-9(8-5-3-2-4-6-8)7-19-11-17-16-10(20-11)12(13,14)15/h2-6,9H,7H2,1H3/t9-/m1/s1. The molecule has 20 heavy (non-hydrogen) atoms. The summed E-state index contributed by atoms with van der Waals surface area (Å²) in [6.45, 7) is 0. The number of halogens is 3. The molecule has 0 bridgehead atoms. The second-order valence-corrected chi connectivity index (χ2v) is 6.06. The maximum atomic E-state index is 12.4. The van der Waals surface area contributed by atoms with E-state index in [2.05, 4.69) is 10.2 Å². The lowest BCUT2D eigenvalue weighted by atomic mass is 10.1. The van der Waals surface area contributed by atoms with Gasteiger partial charge in [-0.05, 0) is 5.56 Å². The summed E-state index contributed by atoms with van der Waals surface area (Å²) in [5.41, 5.74) is 0.975. The SMILES string of the molecule is CO[C@H](CSc1nnc(C(F)(F)F)s1)c1ccccc1. The van der Waals surface area contributed by atoms with Crippen molar-refractivity contribution in [1.29, 1.82) is 0 Å². The zero-order valence-corrected chi connectivity index (χ0v) is 12.1. The molecule has 2 rings (SSSR count). The maximum Gasteiger partial charge on any atom is 0.445 e. The van der Waals surface area contributed by atoms with Crippen LogP contribution in [0.4, 0.5) is 13.2 Å². The second-order valence-electron chi connectivity index (χ2n) is 3.82. The fraction of sp³-hybridized carbons (Fsp3) is 0.333. The molecule has 0 aliphatic carbocycles. The van der Waals surface area contributed by atoms with Crippen LogP contribution in [-0.2, 0) is 10.9 Å². The van der Waals surface area contributed by atoms with Crippen LogP contribution >= 0.6 is 23.1 Å². The molecule has 1 atom stereocenters. The average molecular weight is 320 g/mol. The van der Waals surface area contributed by atoms with Crippen molar-refractivity contribution in [2.75, 3.05) is 12.9 Å². The van der Waals surface area contributed by atoms with E-state index >= 15 is 0 Å². The molecule has 2 aromatic rings. The Labute approximate surface area is 122 Å². The van der Waals surface area contributed by atoms with Gasteiger partial charge in [0.2, 0.25) is 5.01 Å². The molecular formula is C12H11F3N2OS2. The number of thioether (sulfide) groups is 1. The van der Waals surface area contributed by atoms with Crippen molar-refractivity contribution < 1.29 is 17.9 Å². The molecule has 0 unspecified atom stereocenters. The van der Waals surface area contributed by atoms with E-state index < -0.39 is 11.2 Å². The molecule has 0 aliphatic heterocycles. The maximum absolute atomic E-state index is 12.4. The molecule has 0 spiro atoms. The molecular weight excluding hydrogens is 309 g/mol. The number of alkyl halides is 3. The molecule has 0 fully saturated rings. The van der Waals surface area contributed by atoms with Crippen LogP contribution in [0.2, 0.25) is 0 Å². The Balaban J connectivity index is 1.99. The summed E-state index contributed by atoms with van der Waals surface area (Å²) in [6.07, 6.45) is -4.63. The molecule has 0 N–H and O–H groups in total. The predicted octanol–water partition coefficient (Wildman–Crippen LogP) is 4.04. The highest BCUT2D eigenvalue weighted by atomic mass is 32.2. The zero-order valence-electron chi connectivity index (χ0n) is 10.4. The van der Waals surface area contributed by atoms with E-state index in [1.807, 2.05) is 30.3 Å². The lowest BCUT2D eigenvalue weighted by molar-refractivity contribution is -0.138. The molecule has 1 aromatic heterocycles. The van der Waals surface area contributed by atoms with Gasteiger partial charge in [-0.15, -0.1) is 10.2 Å². The van der Waals surface area contributed by atoms with Crippen LogP contribution in [0.3, 0.4) is 0 Å². The molecule has 1 aromatic carbocycles. The molecule has 108 valence electrons. The van der Waals surface area contributed by atoms with Gasteiger partial charge in [0.15, 0.2) is 4.34 Å². The Bertz CT molecular complexity index is 545. The molecule has 3 nitrogen and oxygen atoms in total. The van der Waals surface area contributed by atoms with Crippen LogP contribution < -0.4 is 0 Å². The third kappa shape index (κ3) is 3.94. The van der Waals surface area contributed by atoms with E-state index in [1.54, 1.807) is 7.11 Å². The second kappa shape index (κ2) is 6.55. The van der Waals surface area contributed by atoms with Gasteiger partial charge >= 0.3 is 6.18 Å². The summed E-state index contributed by atoms with van der Waals surface area (Å²) >= 11 is 1.75. The molecule has 1 heterocycles. The van der Waals surface area contributed by atoms with Crippen molar-refractivity contribution in [3.63, 3.8) is 0 Å². The lowest BCUT2D eigenvalue weighted by Gasteiger charge is -2.14. The van der Waals surface area contributed by atoms with Crippen molar-refractivity contribution in [3.8, 4) is 0 Å². The van der Waals surface area contributed by atoms with Gasteiger partial charge in [0.25, 0.3) is 0 Å². The molecule has 0 saturated heterocycles. The van der Waals surface area contributed by atoms with E-state index in [4.69, 9.17) is 4.74 Å². The van der Waals surface area contributed by atoms with Crippen LogP contribution in [0, 0.1) is 0 Å². The minimum Gasteiger partial charge on any atom is -0.376 e. The molecule has 0 saturated carbocycles. The van der Waals surface area contributed by atoms with Crippen LogP contribution in [-0.4, -0.2) is 23.1 Å². The fourth-order valence-electron chi connectivity index (χ4n) is 1.50. The number of nitrogens with zero attached hydrogens (tertiary/aromatic N) is 2. The van der Waals surface area contributed by atoms with Gasteiger partial charge in [0.05, 0.1) is 6.10 Å². The van der Waals surface area contributed by atoms with Gasteiger partial charge in [-0.2, -0.15) is 13.2 Å². The largest absolute Gasteiger partial charge is 0.445 e. The van der Waals surface area contributed by atoms with Gasteiger partial charge in [0.1, 0.15) is 0 Å². The monoisotopic (exact) mass is 320 g/mol. The highest BCUT2D eigenvalue weighted by Gasteiger charge is 2.35. The summed E-state index contributed by atoms with van der Waals surface area (Å²) in [5.74, 6) is 0.479. The summed E-state index contributed by atoms with van der Waals surface area (Å²) < 4.78 is 42.8. The number of aromatic nitrogens is 2. The average Bonchev–Trinajstić information content (AvgIpc) is 2.89. The predicted molar refractivity (Wildman–Crippen MR) is 71.8 cm³/mol. The summed E-state index contributed by atoms with van der Waals surface area (Å²) in [7, 11) is 1.57. The van der Waals surface area contributed by atoms with E-state index in [0.29, 0.717) is 17.1 Å². The van der Waals surface area contributed by atoms with E-state index in [1.165, 1.54) is 11.8 Å². The third-order valence-corrected chi connectivity index (χ3v) is 4.63. The number of hydrogen-bond acceptors (Lipinski definition) is 5. The lowest BCUT2D eigenvalue weighted by Crippen LogP contribution is -2.04. The van der Waals surface area contributed by atoms with Crippen molar-refractivity contribution in [1.82, 2.24) is 10.2 Å². The number of methoxy groups -OCH3 is 1. The van der Waals surface area contributed by atoms with Crippen molar-refractivity contribution in [2.24, 2.45) is 0 Å². The molecule has 0 amide bonds. The van der Waals surface area contributed by atoms with Crippen molar-refractivity contribution >= 4 is 23.1 Å². The minimum atomic E-state index is -4.43. The Hall–Kier alpha value is -1.12. The smallest absolute Gasteiger partial charge is 0.376 e. The zero-order chi connectivity index (χ0) is 14.6. The van der Waals surface area contributed by atoms with Crippen molar-refractivity contribution in [2.45, 2.75) is 16.6 Å². The Morgan fingerprint density at radius 1 is 1.25 bits per heavy atom. The first kappa shape index (κ1) is 15.3. The first-order valence-electron chi connectivity index (χ1n) is 5.62. The van der Waals surface area contributed by atoms with Gasteiger partial charge in [0, 0.05) is 12.9 Å². The minimum absolute atomic E-state index is 0.195. The summed E-state index contributed by atoms with van der Waals surface area (Å²) in [4.78, 5) is 0. The number of hydrogen-bond donors (Lipinski definition) is 0. The Morgan fingerprint density at radius 3 is 2.50 bits per heavy atom. The van der Waals surface area contributed by atoms with Gasteiger partial charge in [-0.25, -0.2) is 0 Å². The van der Waals surface area contributed by atoms with Gasteiger partial charge < -0.3 is 4.74 Å². The molecule has 0 aliphatic rings. The highest BCUT2D eigenvalue weighted by Crippen LogP contribution is 2.35. The first-order valence-corrected chi connectivity index (χ1v) is 7.42. The molecule has 8 heteroatoms. The van der Waals surface area contributed by atoms with Crippen LogP contribution in [0.15, 0.2) is 34.7 Å². The van der Waals surface area contributed by atoms with Crippen LogP contribution in [0.1, 0.15) is 16.7 Å². The fourth-order valence-corrected chi connectivity index (χ4v) is 3.34. The topological polar surface area (TPSA) is 35.0 Å². The normalized spacial score (nSPS) is 13.4. The summed E-state index contributed by atoms with van der Waals surface area (Å²) in [6, 6.07) is 9.49. The van der Waals surface area contributed by atoms with E-state index in [0.717, 1.165) is 5.56 Å². The Kier molecular flexibility index (Phi) is 5.00. The first-order chi connectivity index (χ1) is 9.50. The Morgan fingerprint density at radius 2 is 1.95 bits per heavy atom. The van der Waals surface area contributed by atoms with Crippen molar-refractivity contribution in [3.05, 3.63) is 40.9 Å². The van der Waals surface area contributed by atoms with E-state index in [-0.39, 0.29) is 10.4 Å². The van der Waals surface area contributed by atoms with Gasteiger partial charge in [-0.1, -0.05) is 53.4 Å². The van der Waals surface area contributed by atoms with Gasteiger partial charge in [-0.3, -0.25) is 0 Å². The molecule has 0 radical (unpaired) electrons. The van der Waals surface area contributed by atoms with Crippen LogP contribution in [0.5, 0.6) is 0 Å². The van der Waals surface area contributed by atoms with E-state index in [9.17, 15) is 13.2 Å².